The van der Waals surface area contributed by atoms with Gasteiger partial charge in [-0.1, -0.05) is 30.9 Å². The molecule has 0 aliphatic carbocycles. The highest BCUT2D eigenvalue weighted by Gasteiger charge is 2.19. The van der Waals surface area contributed by atoms with Crippen LogP contribution in [0.15, 0.2) is 41.9 Å². The first-order chi connectivity index (χ1) is 13.6. The largest absolute Gasteiger partial charge is 0.489 e. The van der Waals surface area contributed by atoms with Gasteiger partial charge in [0.15, 0.2) is 5.96 Å². The normalized spacial score (nSPS) is 16.2. The van der Waals surface area contributed by atoms with Crippen LogP contribution in [-0.4, -0.2) is 62.9 Å². The van der Waals surface area contributed by atoms with Gasteiger partial charge < -0.3 is 25.0 Å². The molecule has 1 fully saturated rings. The number of para-hydroxylation sites is 1. The summed E-state index contributed by atoms with van der Waals surface area (Å²) in [5, 5.41) is 6.96. The van der Waals surface area contributed by atoms with Crippen LogP contribution in [0.5, 0.6) is 5.75 Å². The maximum Gasteiger partial charge on any atom is 0.191 e. The minimum Gasteiger partial charge on any atom is -0.489 e. The van der Waals surface area contributed by atoms with Crippen molar-refractivity contribution in [3.63, 3.8) is 0 Å². The van der Waals surface area contributed by atoms with Gasteiger partial charge in [0, 0.05) is 44.8 Å². The Hall–Kier alpha value is -2.05. The van der Waals surface area contributed by atoms with Crippen LogP contribution < -0.4 is 15.4 Å². The standard InChI is InChI=1S/C22H36N4O2/c1-5-15-28-21-9-7-6-8-19(21)17-24-22(23-4)25-20-10-12-26(13-11-20)14-16-27-18(2)3/h5-9,18,20H,1,10-17H2,2-4H3,(H2,23,24,25). The van der Waals surface area contributed by atoms with Crippen molar-refractivity contribution in [1.29, 1.82) is 0 Å². The van der Waals surface area contributed by atoms with E-state index in [1.165, 1.54) is 0 Å². The number of likely N-dealkylation sites (tertiary alicyclic amines) is 1. The number of hydrogen-bond donors (Lipinski definition) is 2. The monoisotopic (exact) mass is 388 g/mol. The summed E-state index contributed by atoms with van der Waals surface area (Å²) >= 11 is 0. The van der Waals surface area contributed by atoms with Crippen LogP contribution in [0, 0.1) is 0 Å². The van der Waals surface area contributed by atoms with Crippen LogP contribution in [0.25, 0.3) is 0 Å². The molecule has 156 valence electrons. The Morgan fingerprint density at radius 1 is 1.32 bits per heavy atom. The molecule has 0 spiro atoms. The van der Waals surface area contributed by atoms with E-state index in [1.807, 2.05) is 25.2 Å². The maximum atomic E-state index is 5.73. The summed E-state index contributed by atoms with van der Waals surface area (Å²) in [7, 11) is 1.81. The van der Waals surface area contributed by atoms with Gasteiger partial charge in [0.25, 0.3) is 0 Å². The zero-order chi connectivity index (χ0) is 20.2. The second-order valence-corrected chi connectivity index (χ2v) is 7.31. The van der Waals surface area contributed by atoms with E-state index in [2.05, 4.69) is 47.0 Å². The Bertz CT molecular complexity index is 610. The number of piperidine rings is 1. The molecule has 0 unspecified atom stereocenters. The van der Waals surface area contributed by atoms with Gasteiger partial charge >= 0.3 is 0 Å². The Morgan fingerprint density at radius 3 is 2.75 bits per heavy atom. The first-order valence-corrected chi connectivity index (χ1v) is 10.2. The SMILES string of the molecule is C=CCOc1ccccc1CNC(=NC)NC1CCN(CCOC(C)C)CC1. The lowest BCUT2D eigenvalue weighted by molar-refractivity contribution is 0.0532. The Labute approximate surface area is 170 Å². The number of guanidine groups is 1. The van der Waals surface area contributed by atoms with Gasteiger partial charge in [0.05, 0.1) is 12.7 Å². The molecular formula is C22H36N4O2. The maximum absolute atomic E-state index is 5.73. The average Bonchev–Trinajstić information content (AvgIpc) is 2.71. The summed E-state index contributed by atoms with van der Waals surface area (Å²) in [5.74, 6) is 1.71. The van der Waals surface area contributed by atoms with Gasteiger partial charge in [-0.2, -0.15) is 0 Å². The van der Waals surface area contributed by atoms with Crippen LogP contribution in [0.4, 0.5) is 0 Å². The van der Waals surface area contributed by atoms with Crippen molar-refractivity contribution in [2.45, 2.75) is 45.4 Å². The first-order valence-electron chi connectivity index (χ1n) is 10.2. The van der Waals surface area contributed by atoms with Gasteiger partial charge in [0.1, 0.15) is 12.4 Å². The molecule has 0 radical (unpaired) electrons. The lowest BCUT2D eigenvalue weighted by Crippen LogP contribution is -2.49. The molecule has 1 saturated heterocycles. The zero-order valence-corrected chi connectivity index (χ0v) is 17.6. The Morgan fingerprint density at radius 2 is 2.07 bits per heavy atom. The van der Waals surface area contributed by atoms with Gasteiger partial charge in [-0.3, -0.25) is 4.99 Å². The topological polar surface area (TPSA) is 58.1 Å². The highest BCUT2D eigenvalue weighted by atomic mass is 16.5. The van der Waals surface area contributed by atoms with Gasteiger partial charge in [-0.25, -0.2) is 0 Å². The van der Waals surface area contributed by atoms with Crippen molar-refractivity contribution in [3.05, 3.63) is 42.5 Å². The molecule has 1 heterocycles. The number of aliphatic imine (C=N–C) groups is 1. The van der Waals surface area contributed by atoms with Crippen molar-refractivity contribution >= 4 is 5.96 Å². The van der Waals surface area contributed by atoms with Crippen molar-refractivity contribution in [2.75, 3.05) is 39.9 Å². The smallest absolute Gasteiger partial charge is 0.191 e. The minimum atomic E-state index is 0.306. The van der Waals surface area contributed by atoms with E-state index in [9.17, 15) is 0 Å². The molecular weight excluding hydrogens is 352 g/mol. The molecule has 1 aliphatic heterocycles. The fourth-order valence-electron chi connectivity index (χ4n) is 3.22. The number of benzene rings is 1. The molecule has 6 nitrogen and oxygen atoms in total. The molecule has 1 aromatic carbocycles. The van der Waals surface area contributed by atoms with E-state index >= 15 is 0 Å². The highest BCUT2D eigenvalue weighted by molar-refractivity contribution is 5.80. The molecule has 1 aliphatic rings. The van der Waals surface area contributed by atoms with E-state index < -0.39 is 0 Å². The summed E-state index contributed by atoms with van der Waals surface area (Å²) in [5.41, 5.74) is 1.10. The Balaban J connectivity index is 1.74. The second-order valence-electron chi connectivity index (χ2n) is 7.31. The van der Waals surface area contributed by atoms with E-state index in [0.717, 1.165) is 56.4 Å². The quantitative estimate of drug-likeness (QED) is 0.367. The van der Waals surface area contributed by atoms with Gasteiger partial charge in [-0.15, -0.1) is 0 Å². The molecule has 2 N–H and O–H groups in total. The van der Waals surface area contributed by atoms with E-state index in [4.69, 9.17) is 9.47 Å². The molecule has 2 rings (SSSR count). The summed E-state index contributed by atoms with van der Waals surface area (Å²) in [6.45, 7) is 13.0. The number of ether oxygens (including phenoxy) is 2. The predicted octanol–water partition coefficient (Wildman–Crippen LogP) is 2.81. The molecule has 0 bridgehead atoms. The molecule has 6 heteroatoms. The molecule has 0 atom stereocenters. The van der Waals surface area contributed by atoms with Crippen molar-refractivity contribution in [1.82, 2.24) is 15.5 Å². The highest BCUT2D eigenvalue weighted by Crippen LogP contribution is 2.17. The summed E-state index contributed by atoms with van der Waals surface area (Å²) in [6, 6.07) is 8.49. The third-order valence-electron chi connectivity index (χ3n) is 4.79. The average molecular weight is 389 g/mol. The summed E-state index contributed by atoms with van der Waals surface area (Å²) in [4.78, 5) is 6.86. The number of rotatable bonds is 10. The molecule has 0 aromatic heterocycles. The van der Waals surface area contributed by atoms with Crippen LogP contribution >= 0.6 is 0 Å². The van der Waals surface area contributed by atoms with E-state index in [-0.39, 0.29) is 0 Å². The van der Waals surface area contributed by atoms with Crippen molar-refractivity contribution in [3.8, 4) is 5.75 Å². The lowest BCUT2D eigenvalue weighted by atomic mass is 10.1. The Kier molecular flexibility index (Phi) is 9.86. The fourth-order valence-corrected chi connectivity index (χ4v) is 3.22. The summed E-state index contributed by atoms with van der Waals surface area (Å²) < 4.78 is 11.4. The first kappa shape index (κ1) is 22.2. The zero-order valence-electron chi connectivity index (χ0n) is 17.6. The van der Waals surface area contributed by atoms with Crippen molar-refractivity contribution < 1.29 is 9.47 Å². The van der Waals surface area contributed by atoms with E-state index in [1.54, 1.807) is 6.08 Å². The lowest BCUT2D eigenvalue weighted by Gasteiger charge is -2.33. The molecule has 1 aromatic rings. The summed E-state index contributed by atoms with van der Waals surface area (Å²) in [6.07, 6.45) is 4.29. The predicted molar refractivity (Wildman–Crippen MR) is 116 cm³/mol. The number of nitrogens with one attached hydrogen (secondary N) is 2. The van der Waals surface area contributed by atoms with Crippen molar-refractivity contribution in [2.24, 2.45) is 4.99 Å². The third-order valence-corrected chi connectivity index (χ3v) is 4.79. The van der Waals surface area contributed by atoms with Gasteiger partial charge in [-0.05, 0) is 32.8 Å². The molecule has 0 saturated carbocycles. The molecule has 0 amide bonds. The fraction of sp³-hybridized carbons (Fsp3) is 0.591. The van der Waals surface area contributed by atoms with Crippen LogP contribution in [0.2, 0.25) is 0 Å². The van der Waals surface area contributed by atoms with Crippen LogP contribution in [-0.2, 0) is 11.3 Å². The van der Waals surface area contributed by atoms with Gasteiger partial charge in [0.2, 0.25) is 0 Å². The van der Waals surface area contributed by atoms with Crippen LogP contribution in [0.3, 0.4) is 0 Å². The van der Waals surface area contributed by atoms with Crippen LogP contribution in [0.1, 0.15) is 32.3 Å². The second kappa shape index (κ2) is 12.4. The number of hydrogen-bond acceptors (Lipinski definition) is 4. The third kappa shape index (κ3) is 7.90. The number of nitrogens with zero attached hydrogens (tertiary/aromatic N) is 2. The molecule has 28 heavy (non-hydrogen) atoms. The van der Waals surface area contributed by atoms with E-state index in [0.29, 0.717) is 25.3 Å². The minimum absolute atomic E-state index is 0.306.